The third-order valence-electron chi connectivity index (χ3n) is 3.32. The van der Waals surface area contributed by atoms with Gasteiger partial charge in [-0.2, -0.15) is 5.26 Å². The molecule has 0 radical (unpaired) electrons. The first-order valence-electron chi connectivity index (χ1n) is 7.42. The minimum atomic E-state index is -0.512. The van der Waals surface area contributed by atoms with Crippen LogP contribution in [0.5, 0.6) is 5.75 Å². The van der Waals surface area contributed by atoms with Gasteiger partial charge in [0.15, 0.2) is 0 Å². The highest BCUT2D eigenvalue weighted by atomic mass is 16.5. The Morgan fingerprint density at radius 3 is 2.83 bits per heavy atom. The molecule has 2 rings (SSSR count). The quantitative estimate of drug-likeness (QED) is 0.890. The first-order chi connectivity index (χ1) is 11.1. The van der Waals surface area contributed by atoms with Crippen LogP contribution in [0.1, 0.15) is 29.8 Å². The third-order valence-corrected chi connectivity index (χ3v) is 3.32. The van der Waals surface area contributed by atoms with Crippen molar-refractivity contribution in [1.82, 2.24) is 10.3 Å². The van der Waals surface area contributed by atoms with Crippen molar-refractivity contribution < 1.29 is 9.53 Å². The molecule has 0 aliphatic rings. The summed E-state index contributed by atoms with van der Waals surface area (Å²) >= 11 is 0. The molecule has 1 N–H and O–H groups in total. The lowest BCUT2D eigenvalue weighted by Gasteiger charge is -2.15. The molecule has 0 unspecified atom stereocenters. The van der Waals surface area contributed by atoms with Crippen LogP contribution in [-0.4, -0.2) is 16.9 Å². The Kier molecular flexibility index (Phi) is 5.70. The Morgan fingerprint density at radius 2 is 2.17 bits per heavy atom. The van der Waals surface area contributed by atoms with Gasteiger partial charge in [0.2, 0.25) is 0 Å². The lowest BCUT2D eigenvalue weighted by Crippen LogP contribution is -2.37. The van der Waals surface area contributed by atoms with E-state index in [-0.39, 0.29) is 11.8 Å². The van der Waals surface area contributed by atoms with E-state index >= 15 is 0 Å². The molecule has 0 saturated heterocycles. The van der Waals surface area contributed by atoms with Crippen LogP contribution in [0, 0.1) is 17.2 Å². The topological polar surface area (TPSA) is 75.0 Å². The van der Waals surface area contributed by atoms with Gasteiger partial charge >= 0.3 is 0 Å². The number of carbonyl (C=O) groups is 1. The Bertz CT molecular complexity index is 693. The summed E-state index contributed by atoms with van der Waals surface area (Å²) < 4.78 is 5.68. The lowest BCUT2D eigenvalue weighted by atomic mass is 10.1. The van der Waals surface area contributed by atoms with Crippen LogP contribution in [0.2, 0.25) is 0 Å². The number of benzene rings is 1. The summed E-state index contributed by atoms with van der Waals surface area (Å²) in [5, 5.41) is 11.8. The van der Waals surface area contributed by atoms with Crippen LogP contribution in [0.4, 0.5) is 0 Å². The molecule has 0 aliphatic carbocycles. The van der Waals surface area contributed by atoms with Gasteiger partial charge in [-0.3, -0.25) is 9.78 Å². The van der Waals surface area contributed by atoms with Gasteiger partial charge in [-0.1, -0.05) is 26.0 Å². The molecular weight excluding hydrogens is 290 g/mol. The molecule has 23 heavy (non-hydrogen) atoms. The standard InChI is InChI=1S/C18H19N3O2/c1-13(2)17(10-19)21-18(22)15-6-3-7-16(9-15)23-12-14-5-4-8-20-11-14/h3-9,11,13,17H,12H2,1-2H3,(H,21,22)/t17-/m0/s1. The number of pyridine rings is 1. The summed E-state index contributed by atoms with van der Waals surface area (Å²) in [6, 6.07) is 12.3. The predicted molar refractivity (Wildman–Crippen MR) is 86.7 cm³/mol. The van der Waals surface area contributed by atoms with Gasteiger partial charge in [0.25, 0.3) is 5.91 Å². The maximum absolute atomic E-state index is 12.2. The molecule has 1 atom stereocenters. The highest BCUT2D eigenvalue weighted by Gasteiger charge is 2.16. The summed E-state index contributed by atoms with van der Waals surface area (Å²) in [4.78, 5) is 16.2. The molecule has 0 saturated carbocycles. The summed E-state index contributed by atoms with van der Waals surface area (Å²) in [5.41, 5.74) is 1.42. The van der Waals surface area contributed by atoms with E-state index in [4.69, 9.17) is 10.00 Å². The minimum absolute atomic E-state index is 0.0500. The molecule has 5 nitrogen and oxygen atoms in total. The van der Waals surface area contributed by atoms with Crippen molar-refractivity contribution in [2.24, 2.45) is 5.92 Å². The number of carbonyl (C=O) groups excluding carboxylic acids is 1. The highest BCUT2D eigenvalue weighted by Crippen LogP contribution is 2.15. The zero-order chi connectivity index (χ0) is 16.7. The zero-order valence-corrected chi connectivity index (χ0v) is 13.2. The van der Waals surface area contributed by atoms with E-state index in [9.17, 15) is 4.79 Å². The molecule has 118 valence electrons. The van der Waals surface area contributed by atoms with E-state index in [0.29, 0.717) is 17.9 Å². The van der Waals surface area contributed by atoms with E-state index in [0.717, 1.165) is 5.56 Å². The van der Waals surface area contributed by atoms with E-state index < -0.39 is 6.04 Å². The monoisotopic (exact) mass is 309 g/mol. The van der Waals surface area contributed by atoms with Crippen molar-refractivity contribution in [1.29, 1.82) is 5.26 Å². The van der Waals surface area contributed by atoms with Crippen molar-refractivity contribution in [3.8, 4) is 11.8 Å². The minimum Gasteiger partial charge on any atom is -0.489 e. The van der Waals surface area contributed by atoms with Crippen LogP contribution < -0.4 is 10.1 Å². The molecule has 0 fully saturated rings. The predicted octanol–water partition coefficient (Wildman–Crippen LogP) is 2.94. The number of nitrogens with zero attached hydrogens (tertiary/aromatic N) is 2. The van der Waals surface area contributed by atoms with Crippen LogP contribution in [0.3, 0.4) is 0 Å². The first-order valence-corrected chi connectivity index (χ1v) is 7.42. The second kappa shape index (κ2) is 7.95. The Hall–Kier alpha value is -2.87. The molecule has 1 aromatic carbocycles. The van der Waals surface area contributed by atoms with Gasteiger partial charge in [-0.15, -0.1) is 0 Å². The third kappa shape index (κ3) is 4.82. The molecular formula is C18H19N3O2. The van der Waals surface area contributed by atoms with Crippen molar-refractivity contribution in [2.75, 3.05) is 0 Å². The number of rotatable bonds is 6. The smallest absolute Gasteiger partial charge is 0.252 e. The van der Waals surface area contributed by atoms with Crippen LogP contribution >= 0.6 is 0 Å². The van der Waals surface area contributed by atoms with Gasteiger partial charge in [0.1, 0.15) is 18.4 Å². The first kappa shape index (κ1) is 16.5. The maximum atomic E-state index is 12.2. The lowest BCUT2D eigenvalue weighted by molar-refractivity contribution is 0.0937. The molecule has 1 aromatic heterocycles. The molecule has 0 spiro atoms. The zero-order valence-electron chi connectivity index (χ0n) is 13.2. The van der Waals surface area contributed by atoms with E-state index in [2.05, 4.69) is 16.4 Å². The fourth-order valence-electron chi connectivity index (χ4n) is 1.95. The van der Waals surface area contributed by atoms with E-state index in [1.165, 1.54) is 0 Å². The van der Waals surface area contributed by atoms with Gasteiger partial charge in [-0.05, 0) is 30.2 Å². The average molecular weight is 309 g/mol. The molecule has 0 aliphatic heterocycles. The molecule has 2 aromatic rings. The molecule has 0 bridgehead atoms. The normalized spacial score (nSPS) is 11.6. The van der Waals surface area contributed by atoms with Crippen molar-refractivity contribution >= 4 is 5.91 Å². The fraction of sp³-hybridized carbons (Fsp3) is 0.278. The number of aromatic nitrogens is 1. The number of ether oxygens (including phenoxy) is 1. The average Bonchev–Trinajstić information content (AvgIpc) is 2.58. The number of nitriles is 1. The summed E-state index contributed by atoms with van der Waals surface area (Å²) in [6.07, 6.45) is 3.44. The van der Waals surface area contributed by atoms with Gasteiger partial charge in [0.05, 0.1) is 6.07 Å². The highest BCUT2D eigenvalue weighted by molar-refractivity contribution is 5.94. The summed E-state index contributed by atoms with van der Waals surface area (Å²) in [6.45, 7) is 4.16. The second-order valence-corrected chi connectivity index (χ2v) is 5.50. The largest absolute Gasteiger partial charge is 0.489 e. The summed E-state index contributed by atoms with van der Waals surface area (Å²) in [5.74, 6) is 0.366. The Morgan fingerprint density at radius 1 is 1.35 bits per heavy atom. The Labute approximate surface area is 135 Å². The summed E-state index contributed by atoms with van der Waals surface area (Å²) in [7, 11) is 0. The van der Waals surface area contributed by atoms with Gasteiger partial charge in [-0.25, -0.2) is 0 Å². The van der Waals surface area contributed by atoms with E-state index in [1.54, 1.807) is 36.7 Å². The maximum Gasteiger partial charge on any atom is 0.252 e. The molecule has 5 heteroatoms. The fourth-order valence-corrected chi connectivity index (χ4v) is 1.95. The van der Waals surface area contributed by atoms with Crippen LogP contribution in [0.25, 0.3) is 0 Å². The van der Waals surface area contributed by atoms with Crippen molar-refractivity contribution in [3.05, 3.63) is 59.9 Å². The van der Waals surface area contributed by atoms with E-state index in [1.807, 2.05) is 26.0 Å². The van der Waals surface area contributed by atoms with Crippen LogP contribution in [0.15, 0.2) is 48.8 Å². The van der Waals surface area contributed by atoms with Crippen molar-refractivity contribution in [3.63, 3.8) is 0 Å². The number of nitrogens with one attached hydrogen (secondary N) is 1. The molecule has 1 heterocycles. The SMILES string of the molecule is CC(C)[C@H](C#N)NC(=O)c1cccc(OCc2cccnc2)c1. The Balaban J connectivity index is 2.02. The second-order valence-electron chi connectivity index (χ2n) is 5.50. The van der Waals surface area contributed by atoms with Gasteiger partial charge in [0, 0.05) is 23.5 Å². The molecule has 1 amide bonds. The van der Waals surface area contributed by atoms with Crippen LogP contribution in [-0.2, 0) is 6.61 Å². The number of amides is 1. The van der Waals surface area contributed by atoms with Crippen molar-refractivity contribution in [2.45, 2.75) is 26.5 Å². The van der Waals surface area contributed by atoms with Gasteiger partial charge < -0.3 is 10.1 Å². The number of hydrogen-bond donors (Lipinski definition) is 1. The number of hydrogen-bond acceptors (Lipinski definition) is 4.